The summed E-state index contributed by atoms with van der Waals surface area (Å²) in [6.07, 6.45) is 18.0. The summed E-state index contributed by atoms with van der Waals surface area (Å²) in [5.74, 6) is 1.77. The van der Waals surface area contributed by atoms with Crippen LogP contribution in [-0.4, -0.2) is 5.78 Å². The lowest BCUT2D eigenvalue weighted by Crippen LogP contribution is -2.36. The normalized spacial score (nSPS) is 33.5. The van der Waals surface area contributed by atoms with Crippen LogP contribution in [0, 0.1) is 28.6 Å². The van der Waals surface area contributed by atoms with Gasteiger partial charge in [0.15, 0.2) is 5.78 Å². The highest BCUT2D eigenvalue weighted by Gasteiger charge is 2.40. The molecule has 0 bridgehead atoms. The van der Waals surface area contributed by atoms with Crippen molar-refractivity contribution < 1.29 is 4.79 Å². The highest BCUT2D eigenvalue weighted by atomic mass is 16.1. The van der Waals surface area contributed by atoms with Crippen molar-refractivity contribution in [1.82, 2.24) is 0 Å². The van der Waals surface area contributed by atoms with E-state index in [1.54, 1.807) is 0 Å². The Morgan fingerprint density at radius 3 is 2.19 bits per heavy atom. The molecular formula is C26H38O. The van der Waals surface area contributed by atoms with E-state index in [-0.39, 0.29) is 0 Å². The average molecular weight is 367 g/mol. The maximum Gasteiger partial charge on any atom is 0.156 e. The van der Waals surface area contributed by atoms with Gasteiger partial charge in [0.2, 0.25) is 0 Å². The Balaban J connectivity index is 1.80. The second-order valence-electron chi connectivity index (χ2n) is 10.6. The van der Waals surface area contributed by atoms with Crippen LogP contribution in [0.5, 0.6) is 0 Å². The van der Waals surface area contributed by atoms with Crippen molar-refractivity contribution in [3.63, 3.8) is 0 Å². The minimum absolute atomic E-state index is 0.292. The van der Waals surface area contributed by atoms with Crippen LogP contribution in [0.2, 0.25) is 0 Å². The number of carbonyl (C=O) groups is 1. The van der Waals surface area contributed by atoms with Crippen LogP contribution < -0.4 is 0 Å². The fourth-order valence-electron chi connectivity index (χ4n) is 6.09. The quantitative estimate of drug-likeness (QED) is 0.482. The molecule has 0 fully saturated rings. The number of allylic oxidation sites excluding steroid dienone is 8. The zero-order chi connectivity index (χ0) is 19.8. The number of hydrogen-bond donors (Lipinski definition) is 0. The van der Waals surface area contributed by atoms with Crippen LogP contribution in [-0.2, 0) is 4.79 Å². The van der Waals surface area contributed by atoms with E-state index < -0.39 is 0 Å². The lowest BCUT2D eigenvalue weighted by Gasteiger charge is -2.44. The standard InChI is InChI=1S/C26H38O/c1-18-9-7-13-25(3,4)23(18)12-11-20-15-21(17-22(27)16-20)24-19(2)10-8-14-26(24,5)6/h9-12,16,21,23-24H,7-8,13-15,17H2,1-6H3/b12-11+. The molecule has 0 aromatic rings. The molecule has 0 heterocycles. The molecule has 0 aliphatic heterocycles. The molecule has 3 unspecified atom stereocenters. The molecule has 3 rings (SSSR count). The van der Waals surface area contributed by atoms with E-state index in [1.807, 2.05) is 6.08 Å². The molecule has 0 aromatic heterocycles. The van der Waals surface area contributed by atoms with Crippen molar-refractivity contribution >= 4 is 5.78 Å². The van der Waals surface area contributed by atoms with Crippen LogP contribution in [0.1, 0.15) is 80.1 Å². The molecule has 0 radical (unpaired) electrons. The van der Waals surface area contributed by atoms with Crippen molar-refractivity contribution in [3.8, 4) is 0 Å². The third-order valence-electron chi connectivity index (χ3n) is 7.46. The molecule has 148 valence electrons. The first-order valence-electron chi connectivity index (χ1n) is 10.8. The van der Waals surface area contributed by atoms with E-state index in [0.29, 0.717) is 40.8 Å². The van der Waals surface area contributed by atoms with E-state index in [1.165, 1.54) is 42.4 Å². The molecule has 0 spiro atoms. The third kappa shape index (κ3) is 4.39. The summed E-state index contributed by atoms with van der Waals surface area (Å²) in [6.45, 7) is 14.1. The van der Waals surface area contributed by atoms with Crippen LogP contribution in [0.15, 0.2) is 47.1 Å². The largest absolute Gasteiger partial charge is 0.295 e. The van der Waals surface area contributed by atoms with Gasteiger partial charge in [0.25, 0.3) is 0 Å². The highest BCUT2D eigenvalue weighted by Crippen LogP contribution is 2.49. The summed E-state index contributed by atoms with van der Waals surface area (Å²) in [7, 11) is 0. The first kappa shape index (κ1) is 20.4. The topological polar surface area (TPSA) is 17.1 Å². The number of carbonyl (C=O) groups excluding carboxylic acids is 1. The zero-order valence-electron chi connectivity index (χ0n) is 18.3. The third-order valence-corrected chi connectivity index (χ3v) is 7.46. The lowest BCUT2D eigenvalue weighted by molar-refractivity contribution is -0.116. The zero-order valence-corrected chi connectivity index (χ0v) is 18.3. The summed E-state index contributed by atoms with van der Waals surface area (Å²) in [5.41, 5.74) is 4.81. The number of rotatable bonds is 3. The summed E-state index contributed by atoms with van der Waals surface area (Å²) in [6, 6.07) is 0. The predicted molar refractivity (Wildman–Crippen MR) is 115 cm³/mol. The van der Waals surface area contributed by atoms with Crippen molar-refractivity contribution in [3.05, 3.63) is 47.1 Å². The summed E-state index contributed by atoms with van der Waals surface area (Å²) in [5, 5.41) is 0. The van der Waals surface area contributed by atoms with Crippen LogP contribution in [0.25, 0.3) is 0 Å². The predicted octanol–water partition coefficient (Wildman–Crippen LogP) is 7.21. The van der Waals surface area contributed by atoms with Crippen LogP contribution in [0.4, 0.5) is 0 Å². The number of ketones is 1. The Morgan fingerprint density at radius 1 is 0.926 bits per heavy atom. The van der Waals surface area contributed by atoms with Gasteiger partial charge in [-0.15, -0.1) is 0 Å². The lowest BCUT2D eigenvalue weighted by atomic mass is 9.60. The first-order valence-corrected chi connectivity index (χ1v) is 10.8. The fourth-order valence-corrected chi connectivity index (χ4v) is 6.09. The van der Waals surface area contributed by atoms with Gasteiger partial charge in [-0.2, -0.15) is 0 Å². The van der Waals surface area contributed by atoms with Gasteiger partial charge in [0.05, 0.1) is 0 Å². The van der Waals surface area contributed by atoms with Gasteiger partial charge in [0, 0.05) is 12.3 Å². The van der Waals surface area contributed by atoms with Gasteiger partial charge in [0.1, 0.15) is 0 Å². The second kappa shape index (κ2) is 7.57. The van der Waals surface area contributed by atoms with Gasteiger partial charge >= 0.3 is 0 Å². The van der Waals surface area contributed by atoms with Crippen molar-refractivity contribution in [2.24, 2.45) is 28.6 Å². The summed E-state index contributed by atoms with van der Waals surface area (Å²) >= 11 is 0. The molecule has 0 N–H and O–H groups in total. The Morgan fingerprint density at radius 2 is 1.56 bits per heavy atom. The molecule has 1 heteroatoms. The van der Waals surface area contributed by atoms with Crippen molar-refractivity contribution in [2.45, 2.75) is 80.1 Å². The number of hydrogen-bond acceptors (Lipinski definition) is 1. The van der Waals surface area contributed by atoms with E-state index in [9.17, 15) is 4.79 Å². The highest BCUT2D eigenvalue weighted by molar-refractivity contribution is 5.92. The Kier molecular flexibility index (Phi) is 5.71. The van der Waals surface area contributed by atoms with E-state index >= 15 is 0 Å². The van der Waals surface area contributed by atoms with Gasteiger partial charge in [-0.05, 0) is 80.3 Å². The summed E-state index contributed by atoms with van der Waals surface area (Å²) in [4.78, 5) is 12.5. The molecule has 27 heavy (non-hydrogen) atoms. The fraction of sp³-hybridized carbons (Fsp3) is 0.654. The minimum atomic E-state index is 0.292. The molecular weight excluding hydrogens is 328 g/mol. The maximum absolute atomic E-state index is 12.5. The second-order valence-corrected chi connectivity index (χ2v) is 10.6. The maximum atomic E-state index is 12.5. The van der Waals surface area contributed by atoms with Crippen LogP contribution in [0.3, 0.4) is 0 Å². The Hall–Kier alpha value is -1.37. The van der Waals surface area contributed by atoms with E-state index in [0.717, 1.165) is 6.42 Å². The molecule has 1 nitrogen and oxygen atoms in total. The first-order chi connectivity index (χ1) is 12.6. The van der Waals surface area contributed by atoms with Crippen molar-refractivity contribution in [1.29, 1.82) is 0 Å². The Labute approximate surface area is 166 Å². The molecule has 0 saturated carbocycles. The van der Waals surface area contributed by atoms with Crippen molar-refractivity contribution in [2.75, 3.05) is 0 Å². The average Bonchev–Trinajstić information content (AvgIpc) is 2.52. The van der Waals surface area contributed by atoms with E-state index in [2.05, 4.69) is 65.8 Å². The Bertz CT molecular complexity index is 710. The molecule has 0 aromatic carbocycles. The van der Waals surface area contributed by atoms with Gasteiger partial charge < -0.3 is 0 Å². The van der Waals surface area contributed by atoms with E-state index in [4.69, 9.17) is 0 Å². The van der Waals surface area contributed by atoms with Gasteiger partial charge in [-0.25, -0.2) is 0 Å². The minimum Gasteiger partial charge on any atom is -0.295 e. The van der Waals surface area contributed by atoms with Crippen LogP contribution >= 0.6 is 0 Å². The molecule has 0 amide bonds. The van der Waals surface area contributed by atoms with Gasteiger partial charge in [-0.1, -0.05) is 63.1 Å². The van der Waals surface area contributed by atoms with Gasteiger partial charge in [-0.3, -0.25) is 4.79 Å². The molecule has 3 aliphatic carbocycles. The molecule has 3 aliphatic rings. The smallest absolute Gasteiger partial charge is 0.156 e. The molecule has 0 saturated heterocycles. The SMILES string of the molecule is CC1=CCCC(C)(C)C1/C=C/C1=CC(=O)CC(C2C(C)=CCCC2(C)C)C1. The summed E-state index contributed by atoms with van der Waals surface area (Å²) < 4.78 is 0. The molecule has 3 atom stereocenters. The monoisotopic (exact) mass is 366 g/mol.